The second-order valence-electron chi connectivity index (χ2n) is 9.77. The lowest BCUT2D eigenvalue weighted by atomic mass is 9.81. The van der Waals surface area contributed by atoms with Crippen LogP contribution in [0.3, 0.4) is 0 Å². The summed E-state index contributed by atoms with van der Waals surface area (Å²) in [5.74, 6) is 0.148. The first-order valence-corrected chi connectivity index (χ1v) is 12.2. The summed E-state index contributed by atoms with van der Waals surface area (Å²) in [7, 11) is 0. The molecular formula is C27H33N3O3. The molecular weight excluding hydrogens is 414 g/mol. The Morgan fingerprint density at radius 3 is 2.45 bits per heavy atom. The third kappa shape index (κ3) is 4.91. The highest BCUT2D eigenvalue weighted by Gasteiger charge is 2.46. The van der Waals surface area contributed by atoms with E-state index in [1.54, 1.807) is 0 Å². The average Bonchev–Trinajstić information content (AvgIpc) is 3.65. The van der Waals surface area contributed by atoms with E-state index >= 15 is 0 Å². The molecule has 1 spiro atoms. The molecule has 6 heteroatoms. The molecule has 5 rings (SSSR count). The van der Waals surface area contributed by atoms with Crippen LogP contribution in [0.5, 0.6) is 0 Å². The fourth-order valence-electron chi connectivity index (χ4n) is 5.34. The maximum Gasteiger partial charge on any atom is 0.321 e. The van der Waals surface area contributed by atoms with Crippen LogP contribution in [0.2, 0.25) is 0 Å². The summed E-state index contributed by atoms with van der Waals surface area (Å²) in [4.78, 5) is 30.2. The predicted octanol–water partition coefficient (Wildman–Crippen LogP) is 4.85. The van der Waals surface area contributed by atoms with Gasteiger partial charge in [-0.3, -0.25) is 4.79 Å². The molecule has 2 aromatic carbocycles. The molecule has 33 heavy (non-hydrogen) atoms. The summed E-state index contributed by atoms with van der Waals surface area (Å²) in [5.41, 5.74) is 2.48. The first-order valence-electron chi connectivity index (χ1n) is 12.2. The van der Waals surface area contributed by atoms with Gasteiger partial charge in [0.2, 0.25) is 0 Å². The molecule has 3 amide bonds. The third-order valence-electron chi connectivity index (χ3n) is 7.29. The van der Waals surface area contributed by atoms with E-state index in [2.05, 4.69) is 10.2 Å². The van der Waals surface area contributed by atoms with Crippen molar-refractivity contribution in [2.75, 3.05) is 25.0 Å². The van der Waals surface area contributed by atoms with E-state index in [9.17, 15) is 9.59 Å². The van der Waals surface area contributed by atoms with E-state index in [1.165, 1.54) is 0 Å². The van der Waals surface area contributed by atoms with Crippen molar-refractivity contribution in [1.29, 1.82) is 0 Å². The molecule has 6 nitrogen and oxygen atoms in total. The number of amides is 3. The normalized spacial score (nSPS) is 22.1. The highest BCUT2D eigenvalue weighted by molar-refractivity contribution is 5.94. The fourth-order valence-corrected chi connectivity index (χ4v) is 5.34. The van der Waals surface area contributed by atoms with Crippen molar-refractivity contribution in [2.24, 2.45) is 0 Å². The van der Waals surface area contributed by atoms with Crippen LogP contribution < -0.4 is 5.32 Å². The number of rotatable bonds is 4. The van der Waals surface area contributed by atoms with E-state index in [-0.39, 0.29) is 23.6 Å². The van der Waals surface area contributed by atoms with Crippen molar-refractivity contribution in [3.8, 4) is 0 Å². The lowest BCUT2D eigenvalue weighted by Crippen LogP contribution is -2.56. The van der Waals surface area contributed by atoms with Gasteiger partial charge in [0.25, 0.3) is 5.91 Å². The van der Waals surface area contributed by atoms with E-state index in [4.69, 9.17) is 4.74 Å². The molecule has 1 aliphatic carbocycles. The van der Waals surface area contributed by atoms with Gasteiger partial charge in [-0.25, -0.2) is 4.79 Å². The maximum absolute atomic E-state index is 13.4. The van der Waals surface area contributed by atoms with E-state index in [0.717, 1.165) is 55.3 Å². The van der Waals surface area contributed by atoms with Gasteiger partial charge in [-0.15, -0.1) is 0 Å². The number of hydrogen-bond acceptors (Lipinski definition) is 3. The third-order valence-corrected chi connectivity index (χ3v) is 7.29. The van der Waals surface area contributed by atoms with Crippen LogP contribution in [0.1, 0.15) is 54.4 Å². The van der Waals surface area contributed by atoms with Crippen LogP contribution >= 0.6 is 0 Å². The molecule has 174 valence electrons. The van der Waals surface area contributed by atoms with Crippen LogP contribution in [-0.4, -0.2) is 59.1 Å². The SMILES string of the molecule is Cc1cccc(NC(=O)N2CCC3(CC2)CC(N(C(=O)c2ccccc2)C2CC2)CCO3)c1. The Hall–Kier alpha value is -2.86. The Morgan fingerprint density at radius 2 is 1.76 bits per heavy atom. The monoisotopic (exact) mass is 447 g/mol. The molecule has 1 saturated carbocycles. The van der Waals surface area contributed by atoms with E-state index in [1.807, 2.05) is 66.4 Å². The second-order valence-corrected chi connectivity index (χ2v) is 9.77. The standard InChI is InChI=1S/C27H33N3O3/c1-20-6-5-9-22(18-20)28-26(32)29-15-13-27(14-16-29)19-24(12-17-33-27)30(23-10-11-23)25(31)21-7-3-2-4-8-21/h2-9,18,23-24H,10-17,19H2,1H3,(H,28,32). The molecule has 2 aliphatic heterocycles. The summed E-state index contributed by atoms with van der Waals surface area (Å²) in [6, 6.07) is 18.0. The number of anilines is 1. The molecule has 2 heterocycles. The largest absolute Gasteiger partial charge is 0.375 e. The van der Waals surface area contributed by atoms with Gasteiger partial charge in [-0.1, -0.05) is 30.3 Å². The number of hydrogen-bond donors (Lipinski definition) is 1. The number of benzene rings is 2. The molecule has 2 saturated heterocycles. The Kier molecular flexibility index (Phi) is 6.11. The van der Waals surface area contributed by atoms with Crippen LogP contribution in [0, 0.1) is 6.92 Å². The first kappa shape index (κ1) is 22.0. The van der Waals surface area contributed by atoms with Crippen LogP contribution in [-0.2, 0) is 4.74 Å². The molecule has 0 bridgehead atoms. The highest BCUT2D eigenvalue weighted by atomic mass is 16.5. The smallest absolute Gasteiger partial charge is 0.321 e. The van der Waals surface area contributed by atoms with Crippen molar-refractivity contribution >= 4 is 17.6 Å². The van der Waals surface area contributed by atoms with Gasteiger partial charge in [0.05, 0.1) is 5.60 Å². The summed E-state index contributed by atoms with van der Waals surface area (Å²) in [5, 5.41) is 3.02. The number of ether oxygens (including phenoxy) is 1. The minimum absolute atomic E-state index is 0.0540. The number of likely N-dealkylation sites (tertiary alicyclic amines) is 1. The number of nitrogens with zero attached hydrogens (tertiary/aromatic N) is 2. The minimum atomic E-state index is -0.243. The Labute approximate surface area is 195 Å². The Balaban J connectivity index is 1.22. The van der Waals surface area contributed by atoms with Crippen LogP contribution in [0.15, 0.2) is 54.6 Å². The quantitative estimate of drug-likeness (QED) is 0.729. The number of carbonyl (C=O) groups excluding carboxylic acids is 2. The first-order chi connectivity index (χ1) is 16.0. The zero-order valence-electron chi connectivity index (χ0n) is 19.3. The van der Waals surface area contributed by atoms with Gasteiger partial charge in [0.15, 0.2) is 0 Å². The lowest BCUT2D eigenvalue weighted by molar-refractivity contribution is -0.125. The molecule has 3 fully saturated rings. The van der Waals surface area contributed by atoms with Gasteiger partial charge in [-0.2, -0.15) is 0 Å². The minimum Gasteiger partial charge on any atom is -0.375 e. The summed E-state index contributed by atoms with van der Waals surface area (Å²) in [6.45, 7) is 4.02. The van der Waals surface area contributed by atoms with Gasteiger partial charge >= 0.3 is 6.03 Å². The number of urea groups is 1. The van der Waals surface area contributed by atoms with E-state index < -0.39 is 0 Å². The lowest BCUT2D eigenvalue weighted by Gasteiger charge is -2.48. The zero-order chi connectivity index (χ0) is 22.8. The number of piperidine rings is 1. The van der Waals surface area contributed by atoms with Crippen molar-refractivity contribution in [3.05, 3.63) is 65.7 Å². The van der Waals surface area contributed by atoms with Gasteiger partial charge < -0.3 is 19.9 Å². The Morgan fingerprint density at radius 1 is 1.00 bits per heavy atom. The second kappa shape index (κ2) is 9.18. The molecule has 0 aromatic heterocycles. The zero-order valence-corrected chi connectivity index (χ0v) is 19.3. The summed E-state index contributed by atoms with van der Waals surface area (Å²) in [6.07, 6.45) is 5.54. The molecule has 2 aromatic rings. The fraction of sp³-hybridized carbons (Fsp3) is 0.481. The van der Waals surface area contributed by atoms with Crippen molar-refractivity contribution in [1.82, 2.24) is 9.80 Å². The molecule has 1 atom stereocenters. The van der Waals surface area contributed by atoms with Gasteiger partial charge in [0, 0.05) is 43.0 Å². The summed E-state index contributed by atoms with van der Waals surface area (Å²) < 4.78 is 6.34. The topological polar surface area (TPSA) is 61.9 Å². The van der Waals surface area contributed by atoms with Crippen LogP contribution in [0.25, 0.3) is 0 Å². The van der Waals surface area contributed by atoms with Crippen molar-refractivity contribution in [2.45, 2.75) is 63.1 Å². The van der Waals surface area contributed by atoms with Gasteiger partial charge in [-0.05, 0) is 75.3 Å². The summed E-state index contributed by atoms with van der Waals surface area (Å²) >= 11 is 0. The van der Waals surface area contributed by atoms with E-state index in [0.29, 0.717) is 25.7 Å². The number of carbonyl (C=O) groups is 2. The Bertz CT molecular complexity index is 997. The molecule has 0 radical (unpaired) electrons. The van der Waals surface area contributed by atoms with Crippen LogP contribution in [0.4, 0.5) is 10.5 Å². The van der Waals surface area contributed by atoms with Crippen molar-refractivity contribution < 1.29 is 14.3 Å². The number of nitrogens with one attached hydrogen (secondary N) is 1. The van der Waals surface area contributed by atoms with Crippen molar-refractivity contribution in [3.63, 3.8) is 0 Å². The predicted molar refractivity (Wildman–Crippen MR) is 128 cm³/mol. The molecule has 1 unspecified atom stereocenters. The highest BCUT2D eigenvalue weighted by Crippen LogP contribution is 2.40. The molecule has 3 aliphatic rings. The van der Waals surface area contributed by atoms with Gasteiger partial charge in [0.1, 0.15) is 0 Å². The number of aryl methyl sites for hydroxylation is 1. The average molecular weight is 448 g/mol. The molecule has 1 N–H and O–H groups in total. The maximum atomic E-state index is 13.4.